The predicted molar refractivity (Wildman–Crippen MR) is 66.9 cm³/mol. The Morgan fingerprint density at radius 2 is 1.27 bits per heavy atom. The van der Waals surface area contributed by atoms with Crippen molar-refractivity contribution in [3.63, 3.8) is 0 Å². The molecule has 1 nitrogen and oxygen atoms in total. The van der Waals surface area contributed by atoms with E-state index >= 15 is 0 Å². The molecule has 0 unspecified atom stereocenters. The highest BCUT2D eigenvalue weighted by atomic mass is 16.1. The number of hydrogen-bond donors (Lipinski definition) is 0. The van der Waals surface area contributed by atoms with Crippen molar-refractivity contribution < 1.29 is 4.79 Å². The summed E-state index contributed by atoms with van der Waals surface area (Å²) in [4.78, 5) is 12.2. The van der Waals surface area contributed by atoms with Crippen LogP contribution in [0.25, 0.3) is 0 Å². The molecule has 0 atom stereocenters. The highest BCUT2D eigenvalue weighted by Gasteiger charge is 2.35. The van der Waals surface area contributed by atoms with Gasteiger partial charge in [-0.05, 0) is 24.7 Å². The minimum Gasteiger partial charge on any atom is -0.299 e. The van der Waals surface area contributed by atoms with Gasteiger partial charge in [-0.2, -0.15) is 0 Å². The van der Waals surface area contributed by atoms with E-state index in [1.807, 2.05) is 13.8 Å². The number of Topliss-reactive ketones (excluding diaryl/α,β-unsaturated/α-hetero) is 1. The van der Waals surface area contributed by atoms with Crippen LogP contribution in [0.4, 0.5) is 0 Å². The topological polar surface area (TPSA) is 17.1 Å². The van der Waals surface area contributed by atoms with E-state index in [2.05, 4.69) is 34.6 Å². The molecule has 0 amide bonds. The lowest BCUT2D eigenvalue weighted by atomic mass is 9.70. The molecular formula is C14H28O. The van der Waals surface area contributed by atoms with Crippen molar-refractivity contribution in [3.05, 3.63) is 0 Å². The third kappa shape index (κ3) is 4.81. The summed E-state index contributed by atoms with van der Waals surface area (Å²) in [5, 5.41) is 0. The van der Waals surface area contributed by atoms with Gasteiger partial charge in [-0.3, -0.25) is 4.79 Å². The predicted octanol–water partition coefficient (Wildman–Crippen LogP) is 4.31. The summed E-state index contributed by atoms with van der Waals surface area (Å²) in [5.74, 6) is 1.78. The summed E-state index contributed by atoms with van der Waals surface area (Å²) in [6.07, 6.45) is 2.03. The third-order valence-corrected chi connectivity index (χ3v) is 2.84. The number of carbonyl (C=O) groups excluding carboxylic acids is 1. The van der Waals surface area contributed by atoms with E-state index in [4.69, 9.17) is 0 Å². The van der Waals surface area contributed by atoms with Crippen molar-refractivity contribution >= 4 is 5.78 Å². The van der Waals surface area contributed by atoms with Crippen LogP contribution in [-0.2, 0) is 4.79 Å². The minimum absolute atomic E-state index is 0.115. The fraction of sp³-hybridized carbons (Fsp3) is 0.929. The zero-order valence-electron chi connectivity index (χ0n) is 11.6. The van der Waals surface area contributed by atoms with E-state index in [0.717, 1.165) is 12.8 Å². The first kappa shape index (κ1) is 14.7. The molecule has 0 saturated carbocycles. The first-order valence-electron chi connectivity index (χ1n) is 6.23. The molecule has 0 aromatic rings. The molecule has 0 heterocycles. The van der Waals surface area contributed by atoms with Crippen LogP contribution in [0.1, 0.15) is 61.3 Å². The first-order chi connectivity index (χ1) is 6.69. The Bertz CT molecular complexity index is 191. The van der Waals surface area contributed by atoms with E-state index in [9.17, 15) is 4.79 Å². The maximum absolute atomic E-state index is 12.2. The lowest BCUT2D eigenvalue weighted by Crippen LogP contribution is -2.34. The zero-order valence-corrected chi connectivity index (χ0v) is 11.6. The standard InChI is InChI=1S/C14H28O/c1-10(2)8-14(7,9-11(3)4)13(15)12(5)6/h10-12H,8-9H2,1-7H3. The molecule has 0 aliphatic carbocycles. The highest BCUT2D eigenvalue weighted by Crippen LogP contribution is 2.36. The van der Waals surface area contributed by atoms with Gasteiger partial charge in [0.1, 0.15) is 5.78 Å². The Labute approximate surface area is 95.6 Å². The second-order valence-corrected chi connectivity index (χ2v) is 6.28. The molecule has 0 radical (unpaired) electrons. The van der Waals surface area contributed by atoms with Crippen LogP contribution in [0.2, 0.25) is 0 Å². The molecule has 0 rings (SSSR count). The molecule has 90 valence electrons. The average Bonchev–Trinajstić information content (AvgIpc) is 1.99. The summed E-state index contributed by atoms with van der Waals surface area (Å²) in [6, 6.07) is 0. The molecule has 0 spiro atoms. The van der Waals surface area contributed by atoms with Crippen LogP contribution in [0, 0.1) is 23.2 Å². The van der Waals surface area contributed by atoms with Gasteiger partial charge in [0.2, 0.25) is 0 Å². The number of rotatable bonds is 6. The molecular weight excluding hydrogens is 184 g/mol. The van der Waals surface area contributed by atoms with Gasteiger partial charge < -0.3 is 0 Å². The number of carbonyl (C=O) groups is 1. The SMILES string of the molecule is CC(C)CC(C)(CC(C)C)C(=O)C(C)C. The fourth-order valence-corrected chi connectivity index (χ4v) is 2.78. The molecule has 1 heteroatoms. The Balaban J connectivity index is 4.76. The maximum atomic E-state index is 12.2. The van der Waals surface area contributed by atoms with Gasteiger partial charge in [-0.1, -0.05) is 48.5 Å². The van der Waals surface area contributed by atoms with Gasteiger partial charge >= 0.3 is 0 Å². The van der Waals surface area contributed by atoms with Crippen LogP contribution >= 0.6 is 0 Å². The number of hydrogen-bond acceptors (Lipinski definition) is 1. The molecule has 0 aliphatic heterocycles. The second kappa shape index (κ2) is 5.67. The van der Waals surface area contributed by atoms with Crippen molar-refractivity contribution in [2.24, 2.45) is 23.2 Å². The smallest absolute Gasteiger partial charge is 0.141 e. The van der Waals surface area contributed by atoms with E-state index < -0.39 is 0 Å². The van der Waals surface area contributed by atoms with E-state index in [1.165, 1.54) is 0 Å². The third-order valence-electron chi connectivity index (χ3n) is 2.84. The molecule has 0 saturated heterocycles. The van der Waals surface area contributed by atoms with Crippen molar-refractivity contribution in [3.8, 4) is 0 Å². The van der Waals surface area contributed by atoms with Crippen molar-refractivity contribution in [2.75, 3.05) is 0 Å². The van der Waals surface area contributed by atoms with Crippen LogP contribution in [-0.4, -0.2) is 5.78 Å². The number of ketones is 1. The zero-order chi connectivity index (χ0) is 12.2. The lowest BCUT2D eigenvalue weighted by molar-refractivity contribution is -0.133. The van der Waals surface area contributed by atoms with E-state index in [-0.39, 0.29) is 11.3 Å². The van der Waals surface area contributed by atoms with E-state index in [1.54, 1.807) is 0 Å². The molecule has 0 aromatic carbocycles. The van der Waals surface area contributed by atoms with Crippen molar-refractivity contribution in [1.29, 1.82) is 0 Å². The molecule has 0 bridgehead atoms. The van der Waals surface area contributed by atoms with Crippen LogP contribution < -0.4 is 0 Å². The Kier molecular flexibility index (Phi) is 5.55. The maximum Gasteiger partial charge on any atom is 0.141 e. The Morgan fingerprint density at radius 3 is 1.47 bits per heavy atom. The van der Waals surface area contributed by atoms with Crippen LogP contribution in [0.3, 0.4) is 0 Å². The molecule has 0 aliphatic rings. The van der Waals surface area contributed by atoms with Crippen molar-refractivity contribution in [2.45, 2.75) is 61.3 Å². The summed E-state index contributed by atoms with van der Waals surface area (Å²) in [7, 11) is 0. The average molecular weight is 212 g/mol. The lowest BCUT2D eigenvalue weighted by Gasteiger charge is -2.33. The van der Waals surface area contributed by atoms with Gasteiger partial charge in [-0.25, -0.2) is 0 Å². The molecule has 0 fully saturated rings. The Morgan fingerprint density at radius 1 is 0.933 bits per heavy atom. The van der Waals surface area contributed by atoms with Crippen LogP contribution in [0.15, 0.2) is 0 Å². The van der Waals surface area contributed by atoms with Gasteiger partial charge in [0.05, 0.1) is 0 Å². The van der Waals surface area contributed by atoms with Crippen molar-refractivity contribution in [1.82, 2.24) is 0 Å². The fourth-order valence-electron chi connectivity index (χ4n) is 2.78. The summed E-state index contributed by atoms with van der Waals surface area (Å²) < 4.78 is 0. The van der Waals surface area contributed by atoms with Gasteiger partial charge in [0.15, 0.2) is 0 Å². The summed E-state index contributed by atoms with van der Waals surface area (Å²) >= 11 is 0. The second-order valence-electron chi connectivity index (χ2n) is 6.28. The van der Waals surface area contributed by atoms with Gasteiger partial charge in [0.25, 0.3) is 0 Å². The van der Waals surface area contributed by atoms with Crippen LogP contribution in [0.5, 0.6) is 0 Å². The van der Waals surface area contributed by atoms with E-state index in [0.29, 0.717) is 17.6 Å². The Hall–Kier alpha value is -0.330. The minimum atomic E-state index is -0.115. The monoisotopic (exact) mass is 212 g/mol. The highest BCUT2D eigenvalue weighted by molar-refractivity contribution is 5.86. The normalized spacial score (nSPS) is 12.9. The molecule has 0 N–H and O–H groups in total. The summed E-state index contributed by atoms with van der Waals surface area (Å²) in [6.45, 7) is 15.0. The quantitative estimate of drug-likeness (QED) is 0.641. The summed E-state index contributed by atoms with van der Waals surface area (Å²) in [5.41, 5.74) is -0.115. The van der Waals surface area contributed by atoms with Gasteiger partial charge in [-0.15, -0.1) is 0 Å². The largest absolute Gasteiger partial charge is 0.299 e. The molecule has 0 aromatic heterocycles. The van der Waals surface area contributed by atoms with Gasteiger partial charge in [0, 0.05) is 11.3 Å². The molecule has 15 heavy (non-hydrogen) atoms. The first-order valence-corrected chi connectivity index (χ1v) is 6.23.